The van der Waals surface area contributed by atoms with Crippen molar-refractivity contribution in [2.45, 2.75) is 12.8 Å². The van der Waals surface area contributed by atoms with E-state index in [2.05, 4.69) is 20.3 Å². The number of carbonyl (C=O) groups excluding carboxylic acids is 1. The number of carbonyl (C=O) groups is 1. The van der Waals surface area contributed by atoms with Crippen LogP contribution in [0.25, 0.3) is 0 Å². The molecule has 2 aromatic carbocycles. The molecule has 1 unspecified atom stereocenters. The van der Waals surface area contributed by atoms with Crippen molar-refractivity contribution in [3.8, 4) is 0 Å². The minimum absolute atomic E-state index is 0.00772. The molecule has 1 aliphatic heterocycles. The van der Waals surface area contributed by atoms with Crippen LogP contribution in [0.5, 0.6) is 0 Å². The van der Waals surface area contributed by atoms with E-state index >= 15 is 0 Å². The van der Waals surface area contributed by atoms with Crippen LogP contribution >= 0.6 is 0 Å². The number of aromatic nitrogens is 2. The molecule has 4 rings (SSSR count). The molecule has 6 heteroatoms. The van der Waals surface area contributed by atoms with Gasteiger partial charge < -0.3 is 4.90 Å². The molecule has 1 amide bonds. The van der Waals surface area contributed by atoms with Gasteiger partial charge in [-0.3, -0.25) is 15.2 Å². The Morgan fingerprint density at radius 2 is 1.54 bits per heavy atom. The first-order valence-electron chi connectivity index (χ1n) is 9.54. The van der Waals surface area contributed by atoms with Crippen molar-refractivity contribution < 1.29 is 4.79 Å². The topological polar surface area (TPSA) is 61.4 Å². The molecular formula is C22H23N5O. The Morgan fingerprint density at radius 3 is 2.14 bits per heavy atom. The number of hydrogen-bond acceptors (Lipinski definition) is 5. The average Bonchev–Trinajstić information content (AvgIpc) is 2.79. The molecule has 1 N–H and O–H groups in total. The van der Waals surface area contributed by atoms with E-state index in [1.165, 1.54) is 0 Å². The van der Waals surface area contributed by atoms with E-state index in [1.54, 1.807) is 18.5 Å². The van der Waals surface area contributed by atoms with E-state index < -0.39 is 0 Å². The standard InChI is InChI=1S/C22H23N5O/c28-21(18-9-7-16-26(17-18)22-23-14-8-15-24-22)25-27(19-10-3-1-4-11-19)20-12-5-2-6-13-20/h1-6,8,10-15,18H,7,9,16-17H2,(H,25,28). The Balaban J connectivity index is 1.51. The summed E-state index contributed by atoms with van der Waals surface area (Å²) in [4.78, 5) is 23.8. The summed E-state index contributed by atoms with van der Waals surface area (Å²) in [6, 6.07) is 21.5. The van der Waals surface area contributed by atoms with Gasteiger partial charge in [-0.05, 0) is 43.2 Å². The minimum atomic E-state index is -0.118. The second-order valence-corrected chi connectivity index (χ2v) is 6.82. The van der Waals surface area contributed by atoms with Gasteiger partial charge in [-0.15, -0.1) is 0 Å². The zero-order valence-electron chi connectivity index (χ0n) is 15.6. The molecule has 0 spiro atoms. The summed E-state index contributed by atoms with van der Waals surface area (Å²) in [6.07, 6.45) is 5.26. The summed E-state index contributed by atoms with van der Waals surface area (Å²) in [6.45, 7) is 1.49. The zero-order chi connectivity index (χ0) is 19.2. The summed E-state index contributed by atoms with van der Waals surface area (Å²) < 4.78 is 0. The lowest BCUT2D eigenvalue weighted by Gasteiger charge is -2.34. The SMILES string of the molecule is O=C(NN(c1ccccc1)c1ccccc1)C1CCCN(c2ncccn2)C1. The number of piperidine rings is 1. The maximum absolute atomic E-state index is 13.1. The lowest BCUT2D eigenvalue weighted by atomic mass is 9.97. The van der Waals surface area contributed by atoms with Gasteiger partial charge in [0.05, 0.1) is 17.3 Å². The Hall–Kier alpha value is -3.41. The van der Waals surface area contributed by atoms with Gasteiger partial charge >= 0.3 is 0 Å². The number of hydrogen-bond donors (Lipinski definition) is 1. The molecule has 1 aromatic heterocycles. The van der Waals surface area contributed by atoms with Crippen LogP contribution in [0.1, 0.15) is 12.8 Å². The maximum atomic E-state index is 13.1. The molecule has 6 nitrogen and oxygen atoms in total. The number of nitrogens with one attached hydrogen (secondary N) is 1. The van der Waals surface area contributed by atoms with Crippen molar-refractivity contribution in [3.63, 3.8) is 0 Å². The van der Waals surface area contributed by atoms with Crippen LogP contribution < -0.4 is 15.3 Å². The lowest BCUT2D eigenvalue weighted by Crippen LogP contribution is -2.48. The van der Waals surface area contributed by atoms with E-state index in [4.69, 9.17) is 0 Å². The van der Waals surface area contributed by atoms with Crippen LogP contribution in [-0.4, -0.2) is 29.0 Å². The highest BCUT2D eigenvalue weighted by Crippen LogP contribution is 2.25. The molecule has 0 bridgehead atoms. The van der Waals surface area contributed by atoms with E-state index in [1.807, 2.05) is 65.7 Å². The van der Waals surface area contributed by atoms with Gasteiger partial charge in [0.2, 0.25) is 11.9 Å². The third-order valence-electron chi connectivity index (χ3n) is 4.88. The predicted octanol–water partition coefficient (Wildman–Crippen LogP) is 3.56. The second-order valence-electron chi connectivity index (χ2n) is 6.82. The fourth-order valence-electron chi connectivity index (χ4n) is 3.46. The van der Waals surface area contributed by atoms with Crippen molar-refractivity contribution >= 4 is 23.2 Å². The van der Waals surface area contributed by atoms with Gasteiger partial charge in [0, 0.05) is 25.5 Å². The Morgan fingerprint density at radius 1 is 0.929 bits per heavy atom. The van der Waals surface area contributed by atoms with Crippen LogP contribution in [0.4, 0.5) is 17.3 Å². The minimum Gasteiger partial charge on any atom is -0.340 e. The highest BCUT2D eigenvalue weighted by atomic mass is 16.2. The first kappa shape index (κ1) is 18.0. The van der Waals surface area contributed by atoms with Crippen molar-refractivity contribution in [2.24, 2.45) is 5.92 Å². The van der Waals surface area contributed by atoms with Crippen LogP contribution in [0, 0.1) is 5.92 Å². The molecular weight excluding hydrogens is 350 g/mol. The molecule has 3 aromatic rings. The van der Waals surface area contributed by atoms with E-state index in [0.29, 0.717) is 12.5 Å². The Kier molecular flexibility index (Phi) is 5.47. The van der Waals surface area contributed by atoms with Crippen LogP contribution in [0.3, 0.4) is 0 Å². The van der Waals surface area contributed by atoms with E-state index in [-0.39, 0.29) is 11.8 Å². The molecule has 0 aliphatic carbocycles. The number of amides is 1. The average molecular weight is 373 g/mol. The highest BCUT2D eigenvalue weighted by Gasteiger charge is 2.28. The first-order chi connectivity index (χ1) is 13.8. The number of para-hydroxylation sites is 2. The van der Waals surface area contributed by atoms with Gasteiger partial charge in [0.25, 0.3) is 0 Å². The number of rotatable bonds is 5. The molecule has 142 valence electrons. The van der Waals surface area contributed by atoms with Crippen LogP contribution in [0.2, 0.25) is 0 Å². The Bertz CT molecular complexity index is 849. The predicted molar refractivity (Wildman–Crippen MR) is 110 cm³/mol. The smallest absolute Gasteiger partial charge is 0.243 e. The largest absolute Gasteiger partial charge is 0.340 e. The number of anilines is 3. The maximum Gasteiger partial charge on any atom is 0.243 e. The lowest BCUT2D eigenvalue weighted by molar-refractivity contribution is -0.125. The molecule has 28 heavy (non-hydrogen) atoms. The molecule has 1 saturated heterocycles. The molecule has 1 atom stereocenters. The van der Waals surface area contributed by atoms with Crippen molar-refractivity contribution in [1.29, 1.82) is 0 Å². The fourth-order valence-corrected chi connectivity index (χ4v) is 3.46. The molecule has 0 radical (unpaired) electrons. The molecule has 0 saturated carbocycles. The van der Waals surface area contributed by atoms with E-state index in [9.17, 15) is 4.79 Å². The normalized spacial score (nSPS) is 16.4. The third-order valence-corrected chi connectivity index (χ3v) is 4.88. The van der Waals surface area contributed by atoms with Crippen molar-refractivity contribution in [2.75, 3.05) is 23.0 Å². The first-order valence-corrected chi connectivity index (χ1v) is 9.54. The van der Waals surface area contributed by atoms with Crippen molar-refractivity contribution in [1.82, 2.24) is 15.4 Å². The zero-order valence-corrected chi connectivity index (χ0v) is 15.6. The number of nitrogens with zero attached hydrogens (tertiary/aromatic N) is 4. The fraction of sp³-hybridized carbons (Fsp3) is 0.227. The van der Waals surface area contributed by atoms with Gasteiger partial charge in [0.15, 0.2) is 0 Å². The second kappa shape index (κ2) is 8.52. The summed E-state index contributed by atoms with van der Waals surface area (Å²) in [7, 11) is 0. The number of benzene rings is 2. The van der Waals surface area contributed by atoms with Crippen LogP contribution in [-0.2, 0) is 4.79 Å². The van der Waals surface area contributed by atoms with Gasteiger partial charge in [-0.25, -0.2) is 9.97 Å². The third kappa shape index (κ3) is 4.11. The van der Waals surface area contributed by atoms with Gasteiger partial charge in [-0.1, -0.05) is 36.4 Å². The highest BCUT2D eigenvalue weighted by molar-refractivity contribution is 5.83. The van der Waals surface area contributed by atoms with E-state index in [0.717, 1.165) is 30.8 Å². The summed E-state index contributed by atoms with van der Waals surface area (Å²) in [5.74, 6) is 0.573. The summed E-state index contributed by atoms with van der Waals surface area (Å²) in [5, 5.41) is 1.85. The molecule has 2 heterocycles. The van der Waals surface area contributed by atoms with Crippen molar-refractivity contribution in [3.05, 3.63) is 79.1 Å². The van der Waals surface area contributed by atoms with Crippen LogP contribution in [0.15, 0.2) is 79.1 Å². The monoisotopic (exact) mass is 373 g/mol. The molecule has 1 aliphatic rings. The quantitative estimate of drug-likeness (QED) is 0.693. The number of hydrazine groups is 1. The van der Waals surface area contributed by atoms with Gasteiger partial charge in [0.1, 0.15) is 0 Å². The van der Waals surface area contributed by atoms with Gasteiger partial charge in [-0.2, -0.15) is 0 Å². The molecule has 1 fully saturated rings. The summed E-state index contributed by atoms with van der Waals surface area (Å²) >= 11 is 0. The summed E-state index contributed by atoms with van der Waals surface area (Å²) in [5.41, 5.74) is 4.95. The Labute approximate surface area is 164 Å².